The molecule has 0 spiro atoms. The summed E-state index contributed by atoms with van der Waals surface area (Å²) in [6.07, 6.45) is 4.41. The predicted octanol–water partition coefficient (Wildman–Crippen LogP) is 1.40. The Morgan fingerprint density at radius 1 is 1.44 bits per heavy atom. The quantitative estimate of drug-likeness (QED) is 0.828. The van der Waals surface area contributed by atoms with E-state index in [-0.39, 0.29) is 12.0 Å². The zero-order valence-electron chi connectivity index (χ0n) is 11.7. The van der Waals surface area contributed by atoms with Gasteiger partial charge in [0.05, 0.1) is 6.61 Å². The van der Waals surface area contributed by atoms with Crippen LogP contribution in [0.15, 0.2) is 0 Å². The minimum Gasteiger partial charge on any atom is -0.366 e. The molecule has 4 nitrogen and oxygen atoms in total. The first-order valence-corrected chi connectivity index (χ1v) is 7.31. The molecule has 2 rings (SSSR count). The van der Waals surface area contributed by atoms with Crippen LogP contribution in [0.5, 0.6) is 0 Å². The highest BCUT2D eigenvalue weighted by Gasteiger charge is 2.32. The lowest BCUT2D eigenvalue weighted by Crippen LogP contribution is -2.53. The smallest absolute Gasteiger partial charge is 0.253 e. The zero-order valence-corrected chi connectivity index (χ0v) is 11.7. The third-order valence-electron chi connectivity index (χ3n) is 3.86. The maximum absolute atomic E-state index is 12.5. The number of carbonyl (C=O) groups excluding carboxylic acids is 1. The summed E-state index contributed by atoms with van der Waals surface area (Å²) in [5.41, 5.74) is 0. The summed E-state index contributed by atoms with van der Waals surface area (Å²) in [6.45, 7) is 7.56. The summed E-state index contributed by atoms with van der Waals surface area (Å²) in [5.74, 6) is 0.848. The van der Waals surface area contributed by atoms with E-state index in [2.05, 4.69) is 24.1 Å². The lowest BCUT2D eigenvalue weighted by molar-refractivity contribution is -0.149. The lowest BCUT2D eigenvalue weighted by atomic mass is 9.93. The molecule has 2 heterocycles. The zero-order chi connectivity index (χ0) is 13.0. The fraction of sp³-hybridized carbons (Fsp3) is 0.929. The summed E-state index contributed by atoms with van der Waals surface area (Å²) >= 11 is 0. The Kier molecular flexibility index (Phi) is 5.01. The van der Waals surface area contributed by atoms with Crippen LogP contribution in [0, 0.1) is 5.92 Å². The van der Waals surface area contributed by atoms with E-state index in [1.807, 2.05) is 0 Å². The third-order valence-corrected chi connectivity index (χ3v) is 3.86. The van der Waals surface area contributed by atoms with Crippen LogP contribution in [0.2, 0.25) is 0 Å². The van der Waals surface area contributed by atoms with Crippen molar-refractivity contribution in [1.29, 1.82) is 0 Å². The number of nitrogens with zero attached hydrogens (tertiary/aromatic N) is 1. The van der Waals surface area contributed by atoms with E-state index in [1.165, 1.54) is 6.42 Å². The van der Waals surface area contributed by atoms with Crippen LogP contribution >= 0.6 is 0 Å². The average Bonchev–Trinajstić information content (AvgIpc) is 2.39. The Morgan fingerprint density at radius 3 is 2.94 bits per heavy atom. The van der Waals surface area contributed by atoms with E-state index in [1.54, 1.807) is 0 Å². The molecule has 0 aromatic heterocycles. The van der Waals surface area contributed by atoms with Crippen LogP contribution in [-0.2, 0) is 9.53 Å². The van der Waals surface area contributed by atoms with Crippen molar-refractivity contribution in [1.82, 2.24) is 10.2 Å². The molecule has 2 unspecified atom stereocenters. The molecule has 2 aliphatic rings. The predicted molar refractivity (Wildman–Crippen MR) is 71.4 cm³/mol. The number of nitrogens with one attached hydrogen (secondary N) is 1. The molecule has 18 heavy (non-hydrogen) atoms. The normalized spacial score (nSPS) is 29.6. The van der Waals surface area contributed by atoms with Crippen molar-refractivity contribution in [3.8, 4) is 0 Å². The number of rotatable bonds is 3. The standard InChI is InChI=1S/C14H26N2O2/c1-11(2)9-12-5-3-4-7-16(12)14(17)13-10-15-6-8-18-13/h11-13,15H,3-10H2,1-2H3. The lowest BCUT2D eigenvalue weighted by Gasteiger charge is -2.39. The molecule has 1 amide bonds. The second kappa shape index (κ2) is 6.53. The van der Waals surface area contributed by atoms with Crippen molar-refractivity contribution < 1.29 is 9.53 Å². The second-order valence-corrected chi connectivity index (χ2v) is 5.87. The first kappa shape index (κ1) is 13.8. The van der Waals surface area contributed by atoms with E-state index in [4.69, 9.17) is 4.74 Å². The Bertz CT molecular complexity index is 275. The molecule has 2 fully saturated rings. The minimum atomic E-state index is -0.258. The van der Waals surface area contributed by atoms with Crippen molar-refractivity contribution in [2.75, 3.05) is 26.2 Å². The fourth-order valence-corrected chi connectivity index (χ4v) is 2.99. The first-order valence-electron chi connectivity index (χ1n) is 7.31. The molecule has 0 saturated carbocycles. The van der Waals surface area contributed by atoms with Gasteiger partial charge in [-0.05, 0) is 31.6 Å². The number of morpholine rings is 1. The summed E-state index contributed by atoms with van der Waals surface area (Å²) in [6, 6.07) is 0.428. The molecule has 0 radical (unpaired) electrons. The second-order valence-electron chi connectivity index (χ2n) is 5.87. The maximum Gasteiger partial charge on any atom is 0.253 e. The number of hydrogen-bond acceptors (Lipinski definition) is 3. The molecule has 2 aliphatic heterocycles. The van der Waals surface area contributed by atoms with Gasteiger partial charge in [0.1, 0.15) is 6.10 Å². The summed E-state index contributed by atoms with van der Waals surface area (Å²) in [7, 11) is 0. The largest absolute Gasteiger partial charge is 0.366 e. The Labute approximate surface area is 110 Å². The molecule has 0 bridgehead atoms. The van der Waals surface area contributed by atoms with Gasteiger partial charge in [0, 0.05) is 25.7 Å². The van der Waals surface area contributed by atoms with Gasteiger partial charge in [-0.1, -0.05) is 13.8 Å². The Balaban J connectivity index is 1.96. The molecule has 104 valence electrons. The van der Waals surface area contributed by atoms with Gasteiger partial charge < -0.3 is 15.0 Å². The van der Waals surface area contributed by atoms with Gasteiger partial charge >= 0.3 is 0 Å². The van der Waals surface area contributed by atoms with E-state index in [9.17, 15) is 4.79 Å². The van der Waals surface area contributed by atoms with E-state index < -0.39 is 0 Å². The van der Waals surface area contributed by atoms with E-state index >= 15 is 0 Å². The van der Waals surface area contributed by atoms with Crippen LogP contribution in [0.3, 0.4) is 0 Å². The molecular weight excluding hydrogens is 228 g/mol. The van der Waals surface area contributed by atoms with Gasteiger partial charge in [0.25, 0.3) is 5.91 Å². The topological polar surface area (TPSA) is 41.6 Å². The van der Waals surface area contributed by atoms with Crippen LogP contribution in [0.1, 0.15) is 39.5 Å². The maximum atomic E-state index is 12.5. The number of likely N-dealkylation sites (tertiary alicyclic amines) is 1. The fourth-order valence-electron chi connectivity index (χ4n) is 2.99. The number of amides is 1. The van der Waals surface area contributed by atoms with Gasteiger partial charge in [0.15, 0.2) is 0 Å². The van der Waals surface area contributed by atoms with Gasteiger partial charge in [-0.15, -0.1) is 0 Å². The molecule has 2 saturated heterocycles. The Morgan fingerprint density at radius 2 is 2.28 bits per heavy atom. The highest BCUT2D eigenvalue weighted by molar-refractivity contribution is 5.81. The monoisotopic (exact) mass is 254 g/mol. The van der Waals surface area contributed by atoms with Gasteiger partial charge in [-0.2, -0.15) is 0 Å². The van der Waals surface area contributed by atoms with Crippen molar-refractivity contribution in [3.63, 3.8) is 0 Å². The number of ether oxygens (including phenoxy) is 1. The highest BCUT2D eigenvalue weighted by Crippen LogP contribution is 2.24. The SMILES string of the molecule is CC(C)CC1CCCCN1C(=O)C1CNCCO1. The molecule has 0 aromatic carbocycles. The summed E-state index contributed by atoms with van der Waals surface area (Å²) < 4.78 is 5.59. The molecule has 0 aromatic rings. The van der Waals surface area contributed by atoms with Gasteiger partial charge in [-0.25, -0.2) is 0 Å². The number of carbonyl (C=O) groups is 1. The van der Waals surface area contributed by atoms with Crippen LogP contribution in [0.4, 0.5) is 0 Å². The van der Waals surface area contributed by atoms with Crippen molar-refractivity contribution in [2.45, 2.75) is 51.7 Å². The first-order chi connectivity index (χ1) is 8.68. The van der Waals surface area contributed by atoms with Crippen LogP contribution in [-0.4, -0.2) is 49.2 Å². The summed E-state index contributed by atoms with van der Waals surface area (Å²) in [5, 5.41) is 3.24. The number of hydrogen-bond donors (Lipinski definition) is 1. The van der Waals surface area contributed by atoms with Crippen LogP contribution in [0.25, 0.3) is 0 Å². The third kappa shape index (κ3) is 3.45. The van der Waals surface area contributed by atoms with E-state index in [0.717, 1.165) is 32.4 Å². The summed E-state index contributed by atoms with van der Waals surface area (Å²) in [4.78, 5) is 14.6. The van der Waals surface area contributed by atoms with Gasteiger partial charge in [0.2, 0.25) is 0 Å². The highest BCUT2D eigenvalue weighted by atomic mass is 16.5. The molecular formula is C14H26N2O2. The molecule has 4 heteroatoms. The van der Waals surface area contributed by atoms with Crippen molar-refractivity contribution in [2.24, 2.45) is 5.92 Å². The van der Waals surface area contributed by atoms with Crippen molar-refractivity contribution in [3.05, 3.63) is 0 Å². The Hall–Kier alpha value is -0.610. The minimum absolute atomic E-state index is 0.201. The van der Waals surface area contributed by atoms with Crippen molar-refractivity contribution >= 4 is 5.91 Å². The molecule has 0 aliphatic carbocycles. The van der Waals surface area contributed by atoms with Gasteiger partial charge in [-0.3, -0.25) is 4.79 Å². The number of piperidine rings is 1. The molecule has 2 atom stereocenters. The van der Waals surface area contributed by atoms with Crippen LogP contribution < -0.4 is 5.32 Å². The molecule has 1 N–H and O–H groups in total. The average molecular weight is 254 g/mol. The van der Waals surface area contributed by atoms with E-state index in [0.29, 0.717) is 25.1 Å².